The number of hydrogen-bond donors (Lipinski definition) is 2. The molecule has 1 atom stereocenters. The van der Waals surface area contributed by atoms with E-state index < -0.39 is 12.2 Å². The van der Waals surface area contributed by atoms with Crippen LogP contribution in [-0.4, -0.2) is 48.9 Å². The number of carbonyl (C=O) groups excluding carboxylic acids is 2. The fourth-order valence-corrected chi connectivity index (χ4v) is 2.01. The minimum atomic E-state index is -0.537. The van der Waals surface area contributed by atoms with Gasteiger partial charge in [-0.25, -0.2) is 4.79 Å². The molecule has 2 saturated heterocycles. The number of amides is 3. The maximum atomic E-state index is 11.4. The van der Waals surface area contributed by atoms with Crippen LogP contribution in [0.25, 0.3) is 0 Å². The summed E-state index contributed by atoms with van der Waals surface area (Å²) in [6, 6.07) is -0.430. The van der Waals surface area contributed by atoms with Crippen LogP contribution < -0.4 is 10.6 Å². The van der Waals surface area contributed by atoms with E-state index in [1.54, 1.807) is 0 Å². The van der Waals surface area contributed by atoms with Crippen molar-refractivity contribution in [2.75, 3.05) is 13.1 Å². The van der Waals surface area contributed by atoms with Crippen LogP contribution >= 0.6 is 0 Å². The molecule has 7 nitrogen and oxygen atoms in total. The minimum Gasteiger partial charge on any atom is -0.393 e. The van der Waals surface area contributed by atoms with Gasteiger partial charge < -0.3 is 10.2 Å². The van der Waals surface area contributed by atoms with Crippen molar-refractivity contribution in [1.82, 2.24) is 15.5 Å². The van der Waals surface area contributed by atoms with Gasteiger partial charge in [-0.1, -0.05) is 0 Å². The van der Waals surface area contributed by atoms with Gasteiger partial charge in [-0.05, 0) is 12.8 Å². The molecule has 88 valence electrons. The molecule has 0 radical (unpaired) electrons. The van der Waals surface area contributed by atoms with Gasteiger partial charge >= 0.3 is 6.03 Å². The molecule has 0 saturated carbocycles. The Kier molecular flexibility index (Phi) is 3.04. The zero-order chi connectivity index (χ0) is 11.5. The average Bonchev–Trinajstić information content (AvgIpc) is 2.59. The number of nitrogens with zero attached hydrogens (tertiary/aromatic N) is 2. The molecule has 2 heterocycles. The zero-order valence-electron chi connectivity index (χ0n) is 8.81. The van der Waals surface area contributed by atoms with Crippen molar-refractivity contribution in [2.24, 2.45) is 5.16 Å². The van der Waals surface area contributed by atoms with Crippen LogP contribution in [0.4, 0.5) is 4.79 Å². The Morgan fingerprint density at radius 2 is 2.06 bits per heavy atom. The Labute approximate surface area is 92.8 Å². The van der Waals surface area contributed by atoms with Crippen LogP contribution in [0.5, 0.6) is 0 Å². The summed E-state index contributed by atoms with van der Waals surface area (Å²) in [7, 11) is 0. The molecule has 16 heavy (non-hydrogen) atoms. The van der Waals surface area contributed by atoms with E-state index in [1.807, 2.05) is 4.90 Å². The lowest BCUT2D eigenvalue weighted by Gasteiger charge is -2.32. The molecule has 1 unspecified atom stereocenters. The van der Waals surface area contributed by atoms with E-state index >= 15 is 0 Å². The third-order valence-corrected chi connectivity index (χ3v) is 2.82. The maximum Gasteiger partial charge on any atom is 0.323 e. The van der Waals surface area contributed by atoms with Crippen LogP contribution in [-0.2, 0) is 9.63 Å². The first-order valence-electron chi connectivity index (χ1n) is 5.18. The second kappa shape index (κ2) is 4.48. The number of hydrogen-bond acceptors (Lipinski definition) is 5. The highest BCUT2D eigenvalue weighted by molar-refractivity contribution is 6.03. The van der Waals surface area contributed by atoms with Crippen molar-refractivity contribution >= 4 is 18.7 Å². The SMILES string of the molecule is C=NOC1CCN(C2NC(=O)NC2=O)CC1. The Balaban J connectivity index is 1.87. The number of nitrogens with one attached hydrogen (secondary N) is 2. The number of piperidine rings is 1. The minimum absolute atomic E-state index is 0.0638. The fourth-order valence-electron chi connectivity index (χ4n) is 2.01. The van der Waals surface area contributed by atoms with E-state index in [1.165, 1.54) is 0 Å². The number of imide groups is 1. The summed E-state index contributed by atoms with van der Waals surface area (Å²) < 4.78 is 0. The number of rotatable bonds is 3. The van der Waals surface area contributed by atoms with Gasteiger partial charge in [0.05, 0.1) is 0 Å². The fraction of sp³-hybridized carbons (Fsp3) is 0.667. The molecular weight excluding hydrogens is 212 g/mol. The van der Waals surface area contributed by atoms with Gasteiger partial charge in [-0.15, -0.1) is 5.16 Å². The van der Waals surface area contributed by atoms with Crippen molar-refractivity contribution in [2.45, 2.75) is 25.1 Å². The van der Waals surface area contributed by atoms with Gasteiger partial charge in [0.1, 0.15) is 6.10 Å². The standard InChI is InChI=1S/C9H14N4O3/c1-10-16-6-2-4-13(5-3-6)7-8(14)12-9(15)11-7/h6-7H,1-5H2,(H2,11,12,14,15). The number of likely N-dealkylation sites (tertiary alicyclic amines) is 1. The van der Waals surface area contributed by atoms with E-state index in [0.717, 1.165) is 12.8 Å². The highest BCUT2D eigenvalue weighted by Gasteiger charge is 2.36. The Bertz CT molecular complexity index is 312. The molecule has 2 fully saturated rings. The van der Waals surface area contributed by atoms with Gasteiger partial charge in [0.2, 0.25) is 0 Å². The number of oxime groups is 1. The lowest BCUT2D eigenvalue weighted by atomic mass is 10.1. The smallest absolute Gasteiger partial charge is 0.323 e. The summed E-state index contributed by atoms with van der Waals surface area (Å²) in [5.41, 5.74) is 0. The van der Waals surface area contributed by atoms with Crippen molar-refractivity contribution in [3.63, 3.8) is 0 Å². The monoisotopic (exact) mass is 226 g/mol. The Morgan fingerprint density at radius 3 is 2.56 bits per heavy atom. The molecule has 3 amide bonds. The molecule has 0 bridgehead atoms. The highest BCUT2D eigenvalue weighted by atomic mass is 16.6. The molecule has 2 rings (SSSR count). The third-order valence-electron chi connectivity index (χ3n) is 2.82. The molecular formula is C9H14N4O3. The van der Waals surface area contributed by atoms with E-state index in [0.29, 0.717) is 13.1 Å². The molecule has 0 aliphatic carbocycles. The Morgan fingerprint density at radius 1 is 1.38 bits per heavy atom. The predicted octanol–water partition coefficient (Wildman–Crippen LogP) is -0.751. The predicted molar refractivity (Wildman–Crippen MR) is 55.7 cm³/mol. The first kappa shape index (κ1) is 10.9. The van der Waals surface area contributed by atoms with Crippen LogP contribution in [0.1, 0.15) is 12.8 Å². The third kappa shape index (κ3) is 2.13. The average molecular weight is 226 g/mol. The van der Waals surface area contributed by atoms with Crippen molar-refractivity contribution in [1.29, 1.82) is 0 Å². The summed E-state index contributed by atoms with van der Waals surface area (Å²) in [5, 5.41) is 8.17. The van der Waals surface area contributed by atoms with Crippen LogP contribution in [0.2, 0.25) is 0 Å². The second-order valence-electron chi connectivity index (χ2n) is 3.84. The van der Waals surface area contributed by atoms with Crippen molar-refractivity contribution in [3.05, 3.63) is 0 Å². The summed E-state index contributed by atoms with van der Waals surface area (Å²) in [6.07, 6.45) is 1.08. The second-order valence-corrected chi connectivity index (χ2v) is 3.84. The van der Waals surface area contributed by atoms with Gasteiger partial charge in [-0.3, -0.25) is 15.0 Å². The molecule has 2 aliphatic heterocycles. The van der Waals surface area contributed by atoms with Gasteiger partial charge in [0.25, 0.3) is 5.91 Å². The van der Waals surface area contributed by atoms with Gasteiger partial charge in [-0.2, -0.15) is 0 Å². The van der Waals surface area contributed by atoms with Crippen LogP contribution in [0.15, 0.2) is 5.16 Å². The van der Waals surface area contributed by atoms with E-state index in [9.17, 15) is 9.59 Å². The van der Waals surface area contributed by atoms with Crippen molar-refractivity contribution in [3.8, 4) is 0 Å². The summed E-state index contributed by atoms with van der Waals surface area (Å²) in [4.78, 5) is 29.3. The maximum absolute atomic E-state index is 11.4. The zero-order valence-corrected chi connectivity index (χ0v) is 8.81. The summed E-state index contributed by atoms with van der Waals surface area (Å²) in [6.45, 7) is 4.65. The van der Waals surface area contributed by atoms with E-state index in [4.69, 9.17) is 4.84 Å². The lowest BCUT2D eigenvalue weighted by Crippen LogP contribution is -2.51. The molecule has 0 aromatic rings. The topological polar surface area (TPSA) is 83.0 Å². The van der Waals surface area contributed by atoms with Gasteiger partial charge in [0.15, 0.2) is 6.17 Å². The summed E-state index contributed by atoms with van der Waals surface area (Å²) in [5.74, 6) is -0.286. The van der Waals surface area contributed by atoms with Crippen molar-refractivity contribution < 1.29 is 14.4 Å². The summed E-state index contributed by atoms with van der Waals surface area (Å²) >= 11 is 0. The molecule has 2 N–H and O–H groups in total. The first-order valence-corrected chi connectivity index (χ1v) is 5.18. The Hall–Kier alpha value is -1.63. The molecule has 2 aliphatic rings. The quantitative estimate of drug-likeness (QED) is 0.377. The van der Waals surface area contributed by atoms with Gasteiger partial charge in [0, 0.05) is 19.8 Å². The molecule has 0 aromatic carbocycles. The van der Waals surface area contributed by atoms with Crippen LogP contribution in [0, 0.1) is 0 Å². The number of urea groups is 1. The van der Waals surface area contributed by atoms with E-state index in [-0.39, 0.29) is 12.0 Å². The highest BCUT2D eigenvalue weighted by Crippen LogP contribution is 2.16. The molecule has 0 aromatic heterocycles. The normalized spacial score (nSPS) is 27.4. The van der Waals surface area contributed by atoms with E-state index in [2.05, 4.69) is 22.5 Å². The molecule has 0 spiro atoms. The number of carbonyl (C=O) groups is 2. The lowest BCUT2D eigenvalue weighted by molar-refractivity contribution is -0.125. The molecule has 7 heteroatoms. The largest absolute Gasteiger partial charge is 0.393 e. The van der Waals surface area contributed by atoms with Crippen LogP contribution in [0.3, 0.4) is 0 Å². The first-order chi connectivity index (χ1) is 7.70.